The van der Waals surface area contributed by atoms with Crippen molar-refractivity contribution < 1.29 is 19.0 Å². The van der Waals surface area contributed by atoms with E-state index < -0.39 is 11.7 Å². The molecule has 0 aliphatic heterocycles. The average molecular weight is 276 g/mol. The van der Waals surface area contributed by atoms with Crippen molar-refractivity contribution in [1.29, 1.82) is 0 Å². The summed E-state index contributed by atoms with van der Waals surface area (Å²) in [6.45, 7) is 5.41. The predicted molar refractivity (Wildman–Crippen MR) is 75.4 cm³/mol. The summed E-state index contributed by atoms with van der Waals surface area (Å²) in [7, 11) is 1.52. The van der Waals surface area contributed by atoms with Crippen LogP contribution in [-0.2, 0) is 0 Å². The lowest BCUT2D eigenvalue weighted by molar-refractivity contribution is 0.133. The fourth-order valence-corrected chi connectivity index (χ4v) is 1.66. The van der Waals surface area contributed by atoms with Gasteiger partial charge in [-0.25, -0.2) is 4.79 Å². The molecule has 5 nitrogen and oxygen atoms in total. The molecule has 106 valence electrons. The third kappa shape index (κ3) is 3.00. The van der Waals surface area contributed by atoms with Crippen LogP contribution >= 0.6 is 0 Å². The van der Waals surface area contributed by atoms with E-state index in [0.29, 0.717) is 22.7 Å². The minimum Gasteiger partial charge on any atom is -0.493 e. The summed E-state index contributed by atoms with van der Waals surface area (Å²) in [5.41, 5.74) is 0.574. The van der Waals surface area contributed by atoms with Gasteiger partial charge in [0.1, 0.15) is 18.3 Å². The van der Waals surface area contributed by atoms with E-state index in [-0.39, 0.29) is 6.61 Å². The molecule has 1 heterocycles. The molecule has 2 aromatic rings. The Labute approximate surface area is 116 Å². The summed E-state index contributed by atoms with van der Waals surface area (Å²) < 4.78 is 15.8. The molecule has 1 aromatic heterocycles. The number of hydrogen-bond donors (Lipinski definition) is 1. The van der Waals surface area contributed by atoms with Gasteiger partial charge in [-0.05, 0) is 24.6 Å². The van der Waals surface area contributed by atoms with Gasteiger partial charge in [-0.3, -0.25) is 0 Å². The molecule has 0 unspecified atom stereocenters. The first-order valence-corrected chi connectivity index (χ1v) is 6.09. The minimum absolute atomic E-state index is 0.0499. The van der Waals surface area contributed by atoms with Crippen molar-refractivity contribution in [2.75, 3.05) is 13.7 Å². The lowest BCUT2D eigenvalue weighted by Crippen LogP contribution is -2.18. The van der Waals surface area contributed by atoms with E-state index in [0.717, 1.165) is 5.39 Å². The van der Waals surface area contributed by atoms with Gasteiger partial charge in [0.05, 0.1) is 7.11 Å². The Hall–Kier alpha value is -2.27. The molecule has 5 heteroatoms. The van der Waals surface area contributed by atoms with Crippen LogP contribution in [0.2, 0.25) is 0 Å². The smallest absolute Gasteiger partial charge is 0.336 e. The zero-order valence-electron chi connectivity index (χ0n) is 11.4. The van der Waals surface area contributed by atoms with Crippen LogP contribution in [0.5, 0.6) is 11.5 Å². The van der Waals surface area contributed by atoms with Crippen LogP contribution in [-0.4, -0.2) is 24.9 Å². The SMILES string of the molecule is C=C(C)[C@@H](O)COc1cc2oc(=O)ccc2cc1OC. The Morgan fingerprint density at radius 3 is 2.80 bits per heavy atom. The van der Waals surface area contributed by atoms with E-state index in [9.17, 15) is 9.90 Å². The second-order valence-electron chi connectivity index (χ2n) is 4.47. The lowest BCUT2D eigenvalue weighted by Gasteiger charge is -2.14. The number of fused-ring (bicyclic) bond motifs is 1. The van der Waals surface area contributed by atoms with Crippen molar-refractivity contribution in [3.05, 3.63) is 46.8 Å². The fraction of sp³-hybridized carbons (Fsp3) is 0.267. The van der Waals surface area contributed by atoms with Crippen molar-refractivity contribution in [2.24, 2.45) is 0 Å². The molecular formula is C15H16O5. The number of hydrogen-bond acceptors (Lipinski definition) is 5. The first kappa shape index (κ1) is 14.1. The molecule has 0 aliphatic carbocycles. The van der Waals surface area contributed by atoms with Gasteiger partial charge in [-0.15, -0.1) is 0 Å². The monoisotopic (exact) mass is 276 g/mol. The first-order chi connectivity index (χ1) is 9.51. The maximum absolute atomic E-state index is 11.2. The average Bonchev–Trinajstić information content (AvgIpc) is 2.43. The Balaban J connectivity index is 2.35. The molecule has 0 saturated heterocycles. The Bertz CT molecular complexity index is 686. The van der Waals surface area contributed by atoms with E-state index in [1.807, 2.05) is 0 Å². The van der Waals surface area contributed by atoms with Gasteiger partial charge >= 0.3 is 5.63 Å². The van der Waals surface area contributed by atoms with Gasteiger partial charge in [0.2, 0.25) is 0 Å². The second kappa shape index (κ2) is 5.79. The molecular weight excluding hydrogens is 260 g/mol. The highest BCUT2D eigenvalue weighted by molar-refractivity contribution is 5.80. The zero-order valence-corrected chi connectivity index (χ0v) is 11.4. The molecule has 0 radical (unpaired) electrons. The molecule has 0 saturated carbocycles. The van der Waals surface area contributed by atoms with Gasteiger partial charge < -0.3 is 19.0 Å². The number of aliphatic hydroxyl groups is 1. The van der Waals surface area contributed by atoms with E-state index >= 15 is 0 Å². The lowest BCUT2D eigenvalue weighted by atomic mass is 10.2. The Morgan fingerprint density at radius 2 is 2.15 bits per heavy atom. The van der Waals surface area contributed by atoms with Gasteiger partial charge in [0.15, 0.2) is 11.5 Å². The molecule has 0 fully saturated rings. The number of aliphatic hydroxyl groups excluding tert-OH is 1. The summed E-state index contributed by atoms with van der Waals surface area (Å²) in [6.07, 6.45) is -0.766. The van der Waals surface area contributed by atoms with E-state index in [4.69, 9.17) is 13.9 Å². The van der Waals surface area contributed by atoms with E-state index in [1.165, 1.54) is 13.2 Å². The van der Waals surface area contributed by atoms with Crippen molar-refractivity contribution in [3.63, 3.8) is 0 Å². The fourth-order valence-electron chi connectivity index (χ4n) is 1.66. The molecule has 0 aliphatic rings. The van der Waals surface area contributed by atoms with Gasteiger partial charge in [-0.1, -0.05) is 6.58 Å². The minimum atomic E-state index is -0.766. The largest absolute Gasteiger partial charge is 0.493 e. The summed E-state index contributed by atoms with van der Waals surface area (Å²) in [6, 6.07) is 6.27. The van der Waals surface area contributed by atoms with Crippen LogP contribution < -0.4 is 15.1 Å². The highest BCUT2D eigenvalue weighted by Gasteiger charge is 2.11. The van der Waals surface area contributed by atoms with Crippen molar-refractivity contribution in [1.82, 2.24) is 0 Å². The van der Waals surface area contributed by atoms with Crippen LogP contribution in [0.25, 0.3) is 11.0 Å². The van der Waals surface area contributed by atoms with Crippen molar-refractivity contribution in [3.8, 4) is 11.5 Å². The van der Waals surface area contributed by atoms with E-state index in [1.54, 1.807) is 25.1 Å². The normalized spacial score (nSPS) is 12.2. The third-order valence-corrected chi connectivity index (χ3v) is 2.87. The Morgan fingerprint density at radius 1 is 1.40 bits per heavy atom. The zero-order chi connectivity index (χ0) is 14.7. The molecule has 0 bridgehead atoms. The van der Waals surface area contributed by atoms with Crippen LogP contribution in [0.1, 0.15) is 6.92 Å². The molecule has 1 aromatic carbocycles. The van der Waals surface area contributed by atoms with Gasteiger partial charge in [0.25, 0.3) is 0 Å². The van der Waals surface area contributed by atoms with Gasteiger partial charge in [-0.2, -0.15) is 0 Å². The van der Waals surface area contributed by atoms with Crippen molar-refractivity contribution >= 4 is 11.0 Å². The van der Waals surface area contributed by atoms with Crippen LogP contribution in [0.15, 0.2) is 45.6 Å². The highest BCUT2D eigenvalue weighted by atomic mass is 16.5. The summed E-state index contributed by atoms with van der Waals surface area (Å²) in [5, 5.41) is 10.4. The number of methoxy groups -OCH3 is 1. The van der Waals surface area contributed by atoms with Crippen LogP contribution in [0.4, 0.5) is 0 Å². The number of rotatable bonds is 5. The topological polar surface area (TPSA) is 68.9 Å². The highest BCUT2D eigenvalue weighted by Crippen LogP contribution is 2.32. The van der Waals surface area contributed by atoms with E-state index in [2.05, 4.69) is 6.58 Å². The quantitative estimate of drug-likeness (QED) is 0.669. The standard InChI is InChI=1S/C15H16O5/c1-9(2)11(16)8-19-14-7-12-10(6-13(14)18-3)4-5-15(17)20-12/h4-7,11,16H,1,8H2,2-3H3/t11-/m0/s1. The molecule has 1 atom stereocenters. The third-order valence-electron chi connectivity index (χ3n) is 2.87. The maximum Gasteiger partial charge on any atom is 0.336 e. The molecule has 1 N–H and O–H groups in total. The second-order valence-corrected chi connectivity index (χ2v) is 4.47. The van der Waals surface area contributed by atoms with Gasteiger partial charge in [0, 0.05) is 17.5 Å². The summed E-state index contributed by atoms with van der Waals surface area (Å²) in [4.78, 5) is 11.2. The Kier molecular flexibility index (Phi) is 4.10. The van der Waals surface area contributed by atoms with Crippen LogP contribution in [0.3, 0.4) is 0 Å². The van der Waals surface area contributed by atoms with Crippen LogP contribution in [0, 0.1) is 0 Å². The summed E-state index contributed by atoms with van der Waals surface area (Å²) in [5.74, 6) is 0.898. The first-order valence-electron chi connectivity index (χ1n) is 6.09. The summed E-state index contributed by atoms with van der Waals surface area (Å²) >= 11 is 0. The number of ether oxygens (including phenoxy) is 2. The molecule has 0 amide bonds. The molecule has 0 spiro atoms. The van der Waals surface area contributed by atoms with Crippen molar-refractivity contribution in [2.45, 2.75) is 13.0 Å². The number of benzene rings is 1. The molecule has 20 heavy (non-hydrogen) atoms. The maximum atomic E-state index is 11.2. The molecule has 2 rings (SSSR count). The predicted octanol–water partition coefficient (Wildman–Crippen LogP) is 2.12.